The molecular weight excluding hydrogens is 432 g/mol. The van der Waals surface area contributed by atoms with Crippen molar-refractivity contribution >= 4 is 18.0 Å². The maximum Gasteiger partial charge on any atom is 0.407 e. The SMILES string of the molecule is CC(C)(CCC(=O)N1C[C@@H]2C(C(=O)O)[C@@H]2C1)NC(=O)OCC1c2ccccc2-c2ccccc21. The molecule has 7 nitrogen and oxygen atoms in total. The standard InChI is InChI=1S/C27H30N2O5/c1-27(2,12-11-23(30)29-13-20-21(14-29)24(20)25(31)32)28-26(33)34-15-22-18-9-5-3-7-16(18)17-8-4-6-10-19(17)22/h3-10,20-22,24H,11-15H2,1-2H3,(H,28,33)(H,31,32)/t20-,21+,24?. The minimum absolute atomic E-state index is 0.000861. The molecule has 1 unspecified atom stereocenters. The molecular formula is C27H30N2O5. The second kappa shape index (κ2) is 8.46. The van der Waals surface area contributed by atoms with Crippen molar-refractivity contribution in [1.29, 1.82) is 0 Å². The van der Waals surface area contributed by atoms with Gasteiger partial charge in [0, 0.05) is 31.0 Å². The first kappa shape index (κ1) is 22.4. The van der Waals surface area contributed by atoms with Crippen LogP contribution in [0.4, 0.5) is 4.79 Å². The fourth-order valence-electron chi connectivity index (χ4n) is 5.65. The van der Waals surface area contributed by atoms with Gasteiger partial charge in [0.2, 0.25) is 5.91 Å². The highest BCUT2D eigenvalue weighted by molar-refractivity contribution is 5.80. The number of benzene rings is 2. The molecule has 0 aromatic heterocycles. The lowest BCUT2D eigenvalue weighted by Gasteiger charge is -2.27. The highest BCUT2D eigenvalue weighted by atomic mass is 16.5. The van der Waals surface area contributed by atoms with Crippen molar-refractivity contribution in [3.8, 4) is 11.1 Å². The van der Waals surface area contributed by atoms with E-state index in [2.05, 4.69) is 29.6 Å². The van der Waals surface area contributed by atoms with Crippen molar-refractivity contribution < 1.29 is 24.2 Å². The number of fused-ring (bicyclic) bond motifs is 4. The van der Waals surface area contributed by atoms with Crippen molar-refractivity contribution in [2.45, 2.75) is 38.1 Å². The molecule has 0 spiro atoms. The van der Waals surface area contributed by atoms with Crippen molar-refractivity contribution in [2.75, 3.05) is 19.7 Å². The second-order valence-electron chi connectivity index (χ2n) is 10.3. The summed E-state index contributed by atoms with van der Waals surface area (Å²) in [4.78, 5) is 38.1. The van der Waals surface area contributed by atoms with Crippen molar-refractivity contribution in [3.05, 3.63) is 59.7 Å². The van der Waals surface area contributed by atoms with E-state index in [0.29, 0.717) is 25.9 Å². The Morgan fingerprint density at radius 1 is 1.00 bits per heavy atom. The van der Waals surface area contributed by atoms with Gasteiger partial charge in [-0.1, -0.05) is 48.5 Å². The average molecular weight is 463 g/mol. The minimum atomic E-state index is -0.754. The number of ether oxygens (including phenoxy) is 1. The van der Waals surface area contributed by atoms with Crippen LogP contribution in [-0.4, -0.2) is 53.2 Å². The number of alkyl carbamates (subject to hydrolysis) is 1. The van der Waals surface area contributed by atoms with Crippen molar-refractivity contribution in [1.82, 2.24) is 10.2 Å². The molecule has 3 aliphatic rings. The van der Waals surface area contributed by atoms with Gasteiger partial charge in [0.15, 0.2) is 0 Å². The largest absolute Gasteiger partial charge is 0.481 e. The van der Waals surface area contributed by atoms with Crippen LogP contribution in [0.25, 0.3) is 11.1 Å². The first-order valence-corrected chi connectivity index (χ1v) is 11.9. The number of piperidine rings is 1. The fraction of sp³-hybridized carbons (Fsp3) is 0.444. The Kier molecular flexibility index (Phi) is 5.58. The number of hydrogen-bond donors (Lipinski definition) is 2. The first-order chi connectivity index (χ1) is 16.2. The Hall–Kier alpha value is -3.35. The highest BCUT2D eigenvalue weighted by Gasteiger charge is 2.60. The third-order valence-corrected chi connectivity index (χ3v) is 7.58. The molecule has 178 valence electrons. The van der Waals surface area contributed by atoms with Crippen LogP contribution in [0.2, 0.25) is 0 Å². The van der Waals surface area contributed by atoms with Crippen LogP contribution in [0.5, 0.6) is 0 Å². The van der Waals surface area contributed by atoms with E-state index in [1.54, 1.807) is 4.90 Å². The van der Waals surface area contributed by atoms with E-state index in [4.69, 9.17) is 9.84 Å². The topological polar surface area (TPSA) is 95.9 Å². The zero-order valence-corrected chi connectivity index (χ0v) is 19.5. The number of carbonyl (C=O) groups excluding carboxylic acids is 2. The molecule has 2 amide bonds. The number of aliphatic carboxylic acids is 1. The van der Waals surface area contributed by atoms with E-state index in [-0.39, 0.29) is 36.2 Å². The fourth-order valence-corrected chi connectivity index (χ4v) is 5.65. The molecule has 34 heavy (non-hydrogen) atoms. The van der Waals surface area contributed by atoms with Crippen LogP contribution in [0, 0.1) is 17.8 Å². The van der Waals surface area contributed by atoms with Gasteiger partial charge in [-0.3, -0.25) is 9.59 Å². The van der Waals surface area contributed by atoms with Crippen LogP contribution in [0.15, 0.2) is 48.5 Å². The first-order valence-electron chi connectivity index (χ1n) is 11.9. The summed E-state index contributed by atoms with van der Waals surface area (Å²) in [6, 6.07) is 16.4. The predicted octanol–water partition coefficient (Wildman–Crippen LogP) is 3.87. The van der Waals surface area contributed by atoms with Crippen LogP contribution in [-0.2, 0) is 14.3 Å². The van der Waals surface area contributed by atoms with Gasteiger partial charge in [-0.15, -0.1) is 0 Å². The maximum atomic E-state index is 12.6. The van der Waals surface area contributed by atoms with Crippen LogP contribution in [0.3, 0.4) is 0 Å². The quantitative estimate of drug-likeness (QED) is 0.651. The van der Waals surface area contributed by atoms with Crippen molar-refractivity contribution in [2.24, 2.45) is 17.8 Å². The molecule has 2 aromatic rings. The maximum absolute atomic E-state index is 12.6. The van der Waals surface area contributed by atoms with Gasteiger partial charge in [-0.05, 0) is 54.4 Å². The molecule has 3 atom stereocenters. The van der Waals surface area contributed by atoms with E-state index in [1.807, 2.05) is 38.1 Å². The molecule has 0 bridgehead atoms. The normalized spacial score (nSPS) is 22.5. The summed E-state index contributed by atoms with van der Waals surface area (Å²) in [7, 11) is 0. The van der Waals surface area contributed by atoms with E-state index >= 15 is 0 Å². The summed E-state index contributed by atoms with van der Waals surface area (Å²) in [5.41, 5.74) is 4.08. The lowest BCUT2D eigenvalue weighted by molar-refractivity contribution is -0.141. The van der Waals surface area contributed by atoms with Gasteiger partial charge in [0.1, 0.15) is 6.61 Å². The molecule has 7 heteroatoms. The van der Waals surface area contributed by atoms with Gasteiger partial charge < -0.3 is 20.1 Å². The minimum Gasteiger partial charge on any atom is -0.481 e. The van der Waals surface area contributed by atoms with Crippen LogP contribution < -0.4 is 5.32 Å². The number of nitrogens with one attached hydrogen (secondary N) is 1. The Labute approximate surface area is 199 Å². The monoisotopic (exact) mass is 462 g/mol. The number of carboxylic acids is 1. The predicted molar refractivity (Wildman–Crippen MR) is 126 cm³/mol. The Bertz CT molecular complexity index is 1090. The van der Waals surface area contributed by atoms with Gasteiger partial charge in [0.05, 0.1) is 5.92 Å². The Balaban J connectivity index is 1.11. The van der Waals surface area contributed by atoms with Crippen LogP contribution in [0.1, 0.15) is 43.7 Å². The summed E-state index contributed by atoms with van der Waals surface area (Å²) < 4.78 is 5.64. The number of carboxylic acid groups (broad SMARTS) is 1. The molecule has 2 aliphatic carbocycles. The highest BCUT2D eigenvalue weighted by Crippen LogP contribution is 2.52. The molecule has 2 fully saturated rings. The Morgan fingerprint density at radius 3 is 2.12 bits per heavy atom. The molecule has 1 aliphatic heterocycles. The van der Waals surface area contributed by atoms with E-state index in [9.17, 15) is 14.4 Å². The molecule has 5 rings (SSSR count). The number of rotatable bonds is 7. The summed E-state index contributed by atoms with van der Waals surface area (Å²) in [5.74, 6) is -0.814. The van der Waals surface area contributed by atoms with Gasteiger partial charge in [0.25, 0.3) is 0 Å². The zero-order valence-electron chi connectivity index (χ0n) is 19.5. The van der Waals surface area contributed by atoms with Gasteiger partial charge in [-0.2, -0.15) is 0 Å². The number of nitrogens with zero attached hydrogens (tertiary/aromatic N) is 1. The number of likely N-dealkylation sites (tertiary alicyclic amines) is 1. The van der Waals surface area contributed by atoms with Crippen LogP contribution >= 0.6 is 0 Å². The summed E-state index contributed by atoms with van der Waals surface area (Å²) in [6.07, 6.45) is 0.281. The second-order valence-corrected chi connectivity index (χ2v) is 10.3. The number of amides is 2. The molecule has 2 N–H and O–H groups in total. The summed E-state index contributed by atoms with van der Waals surface area (Å²) >= 11 is 0. The lowest BCUT2D eigenvalue weighted by Crippen LogP contribution is -2.45. The lowest BCUT2D eigenvalue weighted by atomic mass is 9.97. The van der Waals surface area contributed by atoms with Gasteiger partial charge in [-0.25, -0.2) is 4.79 Å². The van der Waals surface area contributed by atoms with Crippen molar-refractivity contribution in [3.63, 3.8) is 0 Å². The summed E-state index contributed by atoms with van der Waals surface area (Å²) in [5, 5.41) is 12.0. The van der Waals surface area contributed by atoms with E-state index in [1.165, 1.54) is 11.1 Å². The third-order valence-electron chi connectivity index (χ3n) is 7.58. The van der Waals surface area contributed by atoms with E-state index < -0.39 is 17.6 Å². The average Bonchev–Trinajstić information content (AvgIpc) is 3.16. The molecule has 1 saturated carbocycles. The smallest absolute Gasteiger partial charge is 0.407 e. The van der Waals surface area contributed by atoms with Gasteiger partial charge >= 0.3 is 12.1 Å². The molecule has 0 radical (unpaired) electrons. The third kappa shape index (κ3) is 4.15. The molecule has 1 saturated heterocycles. The number of carbonyl (C=O) groups is 3. The Morgan fingerprint density at radius 2 is 1.56 bits per heavy atom. The van der Waals surface area contributed by atoms with E-state index in [0.717, 1.165) is 11.1 Å². The summed E-state index contributed by atoms with van der Waals surface area (Å²) in [6.45, 7) is 5.06. The molecule has 1 heterocycles. The number of hydrogen-bond acceptors (Lipinski definition) is 4. The zero-order chi connectivity index (χ0) is 24.0. The molecule has 2 aromatic carbocycles.